The van der Waals surface area contributed by atoms with Gasteiger partial charge in [0.1, 0.15) is 5.82 Å². The van der Waals surface area contributed by atoms with Crippen LogP contribution in [0, 0.1) is 17.7 Å². The van der Waals surface area contributed by atoms with Gasteiger partial charge in [-0.3, -0.25) is 4.79 Å². The van der Waals surface area contributed by atoms with Crippen molar-refractivity contribution >= 4 is 21.8 Å². The summed E-state index contributed by atoms with van der Waals surface area (Å²) in [5.41, 5.74) is 0.428. The molecule has 1 aromatic rings. The molecule has 1 aliphatic rings. The summed E-state index contributed by atoms with van der Waals surface area (Å²) < 4.78 is 13.8. The third-order valence-corrected chi connectivity index (χ3v) is 4.43. The Bertz CT molecular complexity index is 463. The Hall–Kier alpha value is -0.900. The summed E-state index contributed by atoms with van der Waals surface area (Å²) in [6.45, 7) is 5.90. The Morgan fingerprint density at radius 2 is 2.11 bits per heavy atom. The minimum Gasteiger partial charge on any atom is -0.338 e. The van der Waals surface area contributed by atoms with Crippen LogP contribution in [0.2, 0.25) is 0 Å². The fourth-order valence-corrected chi connectivity index (χ4v) is 2.51. The molecule has 0 aliphatic carbocycles. The largest absolute Gasteiger partial charge is 0.338 e. The fourth-order valence-electron chi connectivity index (χ4n) is 2.26. The second-order valence-corrected chi connectivity index (χ2v) is 5.98. The Morgan fingerprint density at radius 1 is 1.39 bits per heavy atom. The molecule has 2 nitrogen and oxygen atoms in total. The van der Waals surface area contributed by atoms with Crippen molar-refractivity contribution in [3.63, 3.8) is 0 Å². The van der Waals surface area contributed by atoms with E-state index < -0.39 is 0 Å². The number of benzene rings is 1. The lowest BCUT2D eigenvalue weighted by Crippen LogP contribution is -2.42. The van der Waals surface area contributed by atoms with Gasteiger partial charge in [-0.05, 0) is 52.4 Å². The molecule has 0 spiro atoms. The molecule has 2 rings (SSSR count). The van der Waals surface area contributed by atoms with Crippen molar-refractivity contribution < 1.29 is 9.18 Å². The summed E-state index contributed by atoms with van der Waals surface area (Å²) >= 11 is 3.09. The second kappa shape index (κ2) is 5.39. The average Bonchev–Trinajstić information content (AvgIpc) is 2.35. The van der Waals surface area contributed by atoms with Gasteiger partial charge >= 0.3 is 0 Å². The number of carbonyl (C=O) groups is 1. The highest BCUT2D eigenvalue weighted by atomic mass is 79.9. The number of halogens is 2. The van der Waals surface area contributed by atoms with Crippen LogP contribution in [-0.4, -0.2) is 23.9 Å². The number of amides is 1. The van der Waals surface area contributed by atoms with Gasteiger partial charge in [-0.15, -0.1) is 0 Å². The molecular weight excluding hydrogens is 297 g/mol. The van der Waals surface area contributed by atoms with E-state index in [4.69, 9.17) is 0 Å². The van der Waals surface area contributed by atoms with Crippen molar-refractivity contribution in [2.45, 2.75) is 20.3 Å². The molecule has 0 N–H and O–H groups in total. The van der Waals surface area contributed by atoms with E-state index in [2.05, 4.69) is 29.8 Å². The van der Waals surface area contributed by atoms with Crippen LogP contribution in [-0.2, 0) is 0 Å². The number of nitrogens with zero attached hydrogens (tertiary/aromatic N) is 1. The summed E-state index contributed by atoms with van der Waals surface area (Å²) in [6, 6.07) is 4.55. The van der Waals surface area contributed by atoms with Gasteiger partial charge < -0.3 is 4.90 Å². The van der Waals surface area contributed by atoms with E-state index in [0.717, 1.165) is 19.5 Å². The molecule has 1 aromatic carbocycles. The van der Waals surface area contributed by atoms with Gasteiger partial charge in [0.15, 0.2) is 0 Å². The summed E-state index contributed by atoms with van der Waals surface area (Å²) in [4.78, 5) is 14.1. The minimum absolute atomic E-state index is 0.0693. The van der Waals surface area contributed by atoms with E-state index in [-0.39, 0.29) is 11.7 Å². The van der Waals surface area contributed by atoms with E-state index in [1.807, 2.05) is 4.90 Å². The van der Waals surface area contributed by atoms with Gasteiger partial charge in [-0.1, -0.05) is 13.8 Å². The molecule has 98 valence electrons. The first kappa shape index (κ1) is 13.5. The van der Waals surface area contributed by atoms with Gasteiger partial charge in [-0.2, -0.15) is 0 Å². The zero-order valence-electron chi connectivity index (χ0n) is 10.6. The maximum Gasteiger partial charge on any atom is 0.253 e. The SMILES string of the molecule is CC1CCN(C(=O)c2ccc(Br)c(F)c2)CC1C. The summed E-state index contributed by atoms with van der Waals surface area (Å²) in [5, 5.41) is 0. The predicted molar refractivity (Wildman–Crippen MR) is 72.9 cm³/mol. The quantitative estimate of drug-likeness (QED) is 0.774. The van der Waals surface area contributed by atoms with Crippen molar-refractivity contribution in [3.8, 4) is 0 Å². The lowest BCUT2D eigenvalue weighted by Gasteiger charge is -2.35. The van der Waals surface area contributed by atoms with Crippen molar-refractivity contribution in [2.75, 3.05) is 13.1 Å². The Morgan fingerprint density at radius 3 is 2.72 bits per heavy atom. The van der Waals surface area contributed by atoms with Gasteiger partial charge in [0, 0.05) is 18.7 Å². The molecule has 0 radical (unpaired) electrons. The Balaban J connectivity index is 2.14. The van der Waals surface area contributed by atoms with Crippen molar-refractivity contribution in [1.29, 1.82) is 0 Å². The van der Waals surface area contributed by atoms with Crippen LogP contribution < -0.4 is 0 Å². The van der Waals surface area contributed by atoms with Gasteiger partial charge in [0.2, 0.25) is 0 Å². The molecule has 1 amide bonds. The Kier molecular flexibility index (Phi) is 4.05. The second-order valence-electron chi connectivity index (χ2n) is 5.12. The van der Waals surface area contributed by atoms with Gasteiger partial charge in [0.25, 0.3) is 5.91 Å². The molecule has 0 aromatic heterocycles. The molecule has 1 aliphatic heterocycles. The number of hydrogen-bond acceptors (Lipinski definition) is 1. The van der Waals surface area contributed by atoms with Crippen LogP contribution in [0.15, 0.2) is 22.7 Å². The first-order chi connectivity index (χ1) is 8.49. The highest BCUT2D eigenvalue weighted by Crippen LogP contribution is 2.24. The maximum absolute atomic E-state index is 13.4. The zero-order valence-corrected chi connectivity index (χ0v) is 12.2. The zero-order chi connectivity index (χ0) is 13.3. The first-order valence-electron chi connectivity index (χ1n) is 6.23. The molecular formula is C14H17BrFNO. The van der Waals surface area contributed by atoms with E-state index in [0.29, 0.717) is 21.9 Å². The maximum atomic E-state index is 13.4. The van der Waals surface area contributed by atoms with Crippen LogP contribution in [0.25, 0.3) is 0 Å². The van der Waals surface area contributed by atoms with E-state index >= 15 is 0 Å². The number of carbonyl (C=O) groups excluding carboxylic acids is 1. The van der Waals surface area contributed by atoms with Gasteiger partial charge in [-0.25, -0.2) is 4.39 Å². The third kappa shape index (κ3) is 2.74. The third-order valence-electron chi connectivity index (χ3n) is 3.79. The van der Waals surface area contributed by atoms with Crippen LogP contribution in [0.4, 0.5) is 4.39 Å². The summed E-state index contributed by atoms with van der Waals surface area (Å²) in [7, 11) is 0. The first-order valence-corrected chi connectivity index (χ1v) is 7.02. The molecule has 4 heteroatoms. The topological polar surface area (TPSA) is 20.3 Å². The normalized spacial score (nSPS) is 24.1. The highest BCUT2D eigenvalue weighted by molar-refractivity contribution is 9.10. The minimum atomic E-state index is -0.390. The molecule has 0 saturated carbocycles. The number of hydrogen-bond donors (Lipinski definition) is 0. The van der Waals surface area contributed by atoms with E-state index in [1.165, 1.54) is 6.07 Å². The van der Waals surface area contributed by atoms with Crippen molar-refractivity contribution in [3.05, 3.63) is 34.1 Å². The van der Waals surface area contributed by atoms with Crippen LogP contribution in [0.1, 0.15) is 30.6 Å². The monoisotopic (exact) mass is 313 g/mol. The molecule has 0 bridgehead atoms. The number of rotatable bonds is 1. The number of piperidine rings is 1. The standard InChI is InChI=1S/C14H17BrFNO/c1-9-5-6-17(8-10(9)2)14(18)11-3-4-12(15)13(16)7-11/h3-4,7,9-10H,5-6,8H2,1-2H3. The lowest BCUT2D eigenvalue weighted by molar-refractivity contribution is 0.0627. The molecule has 18 heavy (non-hydrogen) atoms. The van der Waals surface area contributed by atoms with Crippen molar-refractivity contribution in [1.82, 2.24) is 4.90 Å². The smallest absolute Gasteiger partial charge is 0.253 e. The van der Waals surface area contributed by atoms with E-state index in [9.17, 15) is 9.18 Å². The van der Waals surface area contributed by atoms with Crippen LogP contribution in [0.3, 0.4) is 0 Å². The molecule has 2 unspecified atom stereocenters. The average molecular weight is 314 g/mol. The molecule has 1 fully saturated rings. The summed E-state index contributed by atoms with van der Waals surface area (Å²) in [5.74, 6) is 0.693. The lowest BCUT2D eigenvalue weighted by atomic mass is 9.88. The Labute approximate surface area is 115 Å². The van der Waals surface area contributed by atoms with Crippen LogP contribution >= 0.6 is 15.9 Å². The van der Waals surface area contributed by atoms with Crippen molar-refractivity contribution in [2.24, 2.45) is 11.8 Å². The predicted octanol–water partition coefficient (Wildman–Crippen LogP) is 3.71. The van der Waals surface area contributed by atoms with Crippen LogP contribution in [0.5, 0.6) is 0 Å². The molecule has 1 saturated heterocycles. The molecule has 2 atom stereocenters. The molecule has 1 heterocycles. The van der Waals surface area contributed by atoms with E-state index in [1.54, 1.807) is 12.1 Å². The highest BCUT2D eigenvalue weighted by Gasteiger charge is 2.26. The fraction of sp³-hybridized carbons (Fsp3) is 0.500. The van der Waals surface area contributed by atoms with Gasteiger partial charge in [0.05, 0.1) is 4.47 Å². The summed E-state index contributed by atoms with van der Waals surface area (Å²) in [6.07, 6.45) is 1.02. The number of likely N-dealkylation sites (tertiary alicyclic amines) is 1.